The van der Waals surface area contributed by atoms with Crippen molar-refractivity contribution in [2.75, 3.05) is 0 Å². The zero-order chi connectivity index (χ0) is 7.78. The zero-order valence-electron chi connectivity index (χ0n) is 7.35. The Kier molecular flexibility index (Phi) is 2.04. The molecule has 0 saturated heterocycles. The summed E-state index contributed by atoms with van der Waals surface area (Å²) in [7, 11) is 0. The van der Waals surface area contributed by atoms with Gasteiger partial charge in [0.2, 0.25) is 0 Å². The fourth-order valence-electron chi connectivity index (χ4n) is 1.89. The number of rotatable bonds is 1. The number of hydrogen-bond acceptors (Lipinski definition) is 1. The first-order chi connectivity index (χ1) is 4.51. The van der Waals surface area contributed by atoms with E-state index in [0.717, 1.165) is 11.8 Å². The van der Waals surface area contributed by atoms with E-state index in [1.807, 2.05) is 0 Å². The van der Waals surface area contributed by atoms with E-state index in [4.69, 9.17) is 5.73 Å². The summed E-state index contributed by atoms with van der Waals surface area (Å²) < 4.78 is 0. The minimum Gasteiger partial charge on any atom is -0.325 e. The van der Waals surface area contributed by atoms with Gasteiger partial charge in [0.05, 0.1) is 0 Å². The molecule has 10 heavy (non-hydrogen) atoms. The molecular formula is C9H19N. The molecule has 0 aromatic carbocycles. The molecule has 0 amide bonds. The SMILES string of the molecule is CC(C)[C@@H]1CC[C@](C)(N)C1. The van der Waals surface area contributed by atoms with Gasteiger partial charge in [0, 0.05) is 5.54 Å². The summed E-state index contributed by atoms with van der Waals surface area (Å²) in [5, 5.41) is 0. The molecule has 1 rings (SSSR count). The standard InChI is InChI=1S/C9H19N/c1-7(2)8-4-5-9(3,10)6-8/h7-8H,4-6,10H2,1-3H3/t8-,9+/m1/s1. The zero-order valence-corrected chi connectivity index (χ0v) is 7.35. The molecule has 0 bridgehead atoms. The molecule has 1 saturated carbocycles. The third kappa shape index (κ3) is 1.72. The Hall–Kier alpha value is -0.0400. The minimum absolute atomic E-state index is 0.148. The molecule has 1 fully saturated rings. The molecular weight excluding hydrogens is 122 g/mol. The van der Waals surface area contributed by atoms with E-state index in [0.29, 0.717) is 0 Å². The molecule has 0 aliphatic heterocycles. The molecule has 0 radical (unpaired) electrons. The van der Waals surface area contributed by atoms with Crippen LogP contribution in [0, 0.1) is 11.8 Å². The summed E-state index contributed by atoms with van der Waals surface area (Å²) >= 11 is 0. The summed E-state index contributed by atoms with van der Waals surface area (Å²) in [6.45, 7) is 6.77. The van der Waals surface area contributed by atoms with Gasteiger partial charge in [0.1, 0.15) is 0 Å². The van der Waals surface area contributed by atoms with Gasteiger partial charge in [0.25, 0.3) is 0 Å². The molecule has 1 heteroatoms. The van der Waals surface area contributed by atoms with Gasteiger partial charge in [0.15, 0.2) is 0 Å². The Balaban J connectivity index is 2.43. The van der Waals surface area contributed by atoms with Crippen LogP contribution in [-0.4, -0.2) is 5.54 Å². The first kappa shape index (κ1) is 8.06. The topological polar surface area (TPSA) is 26.0 Å². The summed E-state index contributed by atoms with van der Waals surface area (Å²) in [6, 6.07) is 0. The maximum absolute atomic E-state index is 6.01. The second-order valence-electron chi connectivity index (χ2n) is 4.40. The molecule has 1 nitrogen and oxygen atoms in total. The summed E-state index contributed by atoms with van der Waals surface area (Å²) in [5.41, 5.74) is 6.15. The normalized spacial score (nSPS) is 41.1. The van der Waals surface area contributed by atoms with Crippen molar-refractivity contribution < 1.29 is 0 Å². The second-order valence-corrected chi connectivity index (χ2v) is 4.40. The van der Waals surface area contributed by atoms with Crippen LogP contribution in [0.1, 0.15) is 40.0 Å². The maximum atomic E-state index is 6.01. The minimum atomic E-state index is 0.148. The van der Waals surface area contributed by atoms with E-state index < -0.39 is 0 Å². The Morgan fingerprint density at radius 1 is 1.50 bits per heavy atom. The van der Waals surface area contributed by atoms with E-state index in [1.54, 1.807) is 0 Å². The Bertz CT molecular complexity index is 116. The van der Waals surface area contributed by atoms with Gasteiger partial charge in [-0.3, -0.25) is 0 Å². The molecule has 2 N–H and O–H groups in total. The lowest BCUT2D eigenvalue weighted by atomic mass is 9.92. The van der Waals surface area contributed by atoms with Crippen molar-refractivity contribution in [3.63, 3.8) is 0 Å². The quantitative estimate of drug-likeness (QED) is 0.595. The molecule has 0 heterocycles. The van der Waals surface area contributed by atoms with Gasteiger partial charge >= 0.3 is 0 Å². The van der Waals surface area contributed by atoms with E-state index in [1.165, 1.54) is 19.3 Å². The molecule has 1 aliphatic carbocycles. The Labute approximate surface area is 64.0 Å². The van der Waals surface area contributed by atoms with Crippen LogP contribution in [0.25, 0.3) is 0 Å². The van der Waals surface area contributed by atoms with Gasteiger partial charge < -0.3 is 5.73 Å². The average molecular weight is 141 g/mol. The lowest BCUT2D eigenvalue weighted by Crippen LogP contribution is -2.32. The highest BCUT2D eigenvalue weighted by molar-refractivity contribution is 4.90. The van der Waals surface area contributed by atoms with Crippen LogP contribution in [0.4, 0.5) is 0 Å². The van der Waals surface area contributed by atoms with Crippen molar-refractivity contribution in [2.24, 2.45) is 17.6 Å². The van der Waals surface area contributed by atoms with Crippen molar-refractivity contribution in [1.82, 2.24) is 0 Å². The molecule has 1 aliphatic rings. The molecule has 0 spiro atoms. The van der Waals surface area contributed by atoms with E-state index in [2.05, 4.69) is 20.8 Å². The lowest BCUT2D eigenvalue weighted by Gasteiger charge is -2.19. The van der Waals surface area contributed by atoms with Crippen molar-refractivity contribution in [3.05, 3.63) is 0 Å². The van der Waals surface area contributed by atoms with Gasteiger partial charge in [-0.2, -0.15) is 0 Å². The van der Waals surface area contributed by atoms with Crippen LogP contribution in [0.3, 0.4) is 0 Å². The molecule has 2 atom stereocenters. The fourth-order valence-corrected chi connectivity index (χ4v) is 1.89. The lowest BCUT2D eigenvalue weighted by molar-refractivity contribution is 0.367. The van der Waals surface area contributed by atoms with Crippen LogP contribution >= 0.6 is 0 Å². The van der Waals surface area contributed by atoms with E-state index >= 15 is 0 Å². The molecule has 0 aromatic heterocycles. The Morgan fingerprint density at radius 3 is 2.30 bits per heavy atom. The summed E-state index contributed by atoms with van der Waals surface area (Å²) in [5.74, 6) is 1.71. The smallest absolute Gasteiger partial charge is 0.0128 e. The average Bonchev–Trinajstić information content (AvgIpc) is 2.10. The van der Waals surface area contributed by atoms with Gasteiger partial charge in [-0.1, -0.05) is 13.8 Å². The van der Waals surface area contributed by atoms with Gasteiger partial charge in [-0.05, 0) is 38.0 Å². The number of nitrogens with two attached hydrogens (primary N) is 1. The predicted octanol–water partition coefficient (Wildman–Crippen LogP) is 2.16. The van der Waals surface area contributed by atoms with E-state index in [9.17, 15) is 0 Å². The highest BCUT2D eigenvalue weighted by Gasteiger charge is 2.32. The summed E-state index contributed by atoms with van der Waals surface area (Å²) in [4.78, 5) is 0. The summed E-state index contributed by atoms with van der Waals surface area (Å²) in [6.07, 6.45) is 3.78. The third-order valence-corrected chi connectivity index (χ3v) is 2.76. The predicted molar refractivity (Wildman–Crippen MR) is 44.8 cm³/mol. The largest absolute Gasteiger partial charge is 0.325 e. The highest BCUT2D eigenvalue weighted by Crippen LogP contribution is 2.36. The van der Waals surface area contributed by atoms with Gasteiger partial charge in [-0.15, -0.1) is 0 Å². The fraction of sp³-hybridized carbons (Fsp3) is 1.00. The first-order valence-corrected chi connectivity index (χ1v) is 4.30. The second kappa shape index (κ2) is 2.54. The monoisotopic (exact) mass is 141 g/mol. The maximum Gasteiger partial charge on any atom is 0.0128 e. The molecule has 60 valence electrons. The molecule has 0 unspecified atom stereocenters. The van der Waals surface area contributed by atoms with Crippen LogP contribution in [0.15, 0.2) is 0 Å². The highest BCUT2D eigenvalue weighted by atomic mass is 14.7. The van der Waals surface area contributed by atoms with Crippen LogP contribution in [0.5, 0.6) is 0 Å². The van der Waals surface area contributed by atoms with Crippen LogP contribution < -0.4 is 5.73 Å². The van der Waals surface area contributed by atoms with Crippen LogP contribution in [-0.2, 0) is 0 Å². The Morgan fingerprint density at radius 2 is 2.10 bits per heavy atom. The molecule has 0 aromatic rings. The van der Waals surface area contributed by atoms with Crippen LogP contribution in [0.2, 0.25) is 0 Å². The van der Waals surface area contributed by atoms with E-state index in [-0.39, 0.29) is 5.54 Å². The van der Waals surface area contributed by atoms with Crippen molar-refractivity contribution in [2.45, 2.75) is 45.6 Å². The van der Waals surface area contributed by atoms with Crippen molar-refractivity contribution in [3.8, 4) is 0 Å². The van der Waals surface area contributed by atoms with Crippen molar-refractivity contribution >= 4 is 0 Å². The van der Waals surface area contributed by atoms with Gasteiger partial charge in [-0.25, -0.2) is 0 Å². The third-order valence-electron chi connectivity index (χ3n) is 2.76. The number of hydrogen-bond donors (Lipinski definition) is 1. The first-order valence-electron chi connectivity index (χ1n) is 4.30. The van der Waals surface area contributed by atoms with Crippen molar-refractivity contribution in [1.29, 1.82) is 0 Å².